The molecule has 6 heteroatoms. The van der Waals surface area contributed by atoms with Crippen LogP contribution in [-0.2, 0) is 4.79 Å². The number of rotatable bonds is 6. The summed E-state index contributed by atoms with van der Waals surface area (Å²) in [5.41, 5.74) is 2.07. The number of thioether (sulfide) groups is 1. The number of carbonyl (C=O) groups excluding carboxylic acids is 1. The largest absolute Gasteiger partial charge is 0.411 e. The van der Waals surface area contributed by atoms with Crippen LogP contribution in [0, 0.1) is 12.8 Å². The van der Waals surface area contributed by atoms with Crippen molar-refractivity contribution in [2.24, 2.45) is 5.92 Å². The molecule has 25 heavy (non-hydrogen) atoms. The Kier molecular flexibility index (Phi) is 6.13. The van der Waals surface area contributed by atoms with Gasteiger partial charge in [0.15, 0.2) is 0 Å². The van der Waals surface area contributed by atoms with E-state index in [1.807, 2.05) is 38.1 Å². The second-order valence-corrected chi connectivity index (χ2v) is 8.04. The van der Waals surface area contributed by atoms with Crippen molar-refractivity contribution in [1.29, 1.82) is 0 Å². The van der Waals surface area contributed by atoms with Gasteiger partial charge >= 0.3 is 0 Å². The molecule has 1 aliphatic rings. The minimum atomic E-state index is -0.255. The number of hydrogen-bond acceptors (Lipinski definition) is 5. The highest BCUT2D eigenvalue weighted by Crippen LogP contribution is 2.27. The molecule has 1 N–H and O–H groups in total. The number of nitrogens with zero attached hydrogens (tertiary/aromatic N) is 2. The van der Waals surface area contributed by atoms with E-state index in [9.17, 15) is 4.79 Å². The first-order valence-corrected chi connectivity index (χ1v) is 9.84. The van der Waals surface area contributed by atoms with E-state index in [4.69, 9.17) is 4.42 Å². The van der Waals surface area contributed by atoms with Crippen molar-refractivity contribution in [3.05, 3.63) is 29.8 Å². The number of amides is 1. The number of carbonyl (C=O) groups is 1. The standard InChI is InChI=1S/C19H25N3O2S/c1-13-8-10-16(11-9-13)18-21-22-19(24-18)25-14(2)17(23)20-12-15-6-4-3-5-7-15/h8-11,14-15H,3-7,12H2,1-2H3,(H,20,23)/t14-/m0/s1. The molecule has 0 aliphatic heterocycles. The van der Waals surface area contributed by atoms with Gasteiger partial charge in [-0.15, -0.1) is 10.2 Å². The molecule has 1 atom stereocenters. The molecular weight excluding hydrogens is 334 g/mol. The van der Waals surface area contributed by atoms with E-state index in [0.29, 0.717) is 17.0 Å². The predicted octanol–water partition coefficient (Wildman–Crippen LogP) is 4.22. The number of aryl methyl sites for hydroxylation is 1. The van der Waals surface area contributed by atoms with Crippen molar-refractivity contribution in [3.63, 3.8) is 0 Å². The molecule has 1 heterocycles. The third-order valence-corrected chi connectivity index (χ3v) is 5.58. The summed E-state index contributed by atoms with van der Waals surface area (Å²) in [6, 6.07) is 7.93. The van der Waals surface area contributed by atoms with Gasteiger partial charge in [0.2, 0.25) is 11.8 Å². The number of nitrogens with one attached hydrogen (secondary N) is 1. The van der Waals surface area contributed by atoms with Gasteiger partial charge in [-0.3, -0.25) is 4.79 Å². The molecule has 2 aromatic rings. The molecule has 1 aromatic carbocycles. The van der Waals surface area contributed by atoms with Crippen LogP contribution in [0.15, 0.2) is 33.9 Å². The van der Waals surface area contributed by atoms with E-state index in [2.05, 4.69) is 15.5 Å². The average molecular weight is 359 g/mol. The topological polar surface area (TPSA) is 68.0 Å². The molecule has 3 rings (SSSR count). The van der Waals surface area contributed by atoms with Crippen LogP contribution in [0.4, 0.5) is 0 Å². The van der Waals surface area contributed by atoms with Gasteiger partial charge in [-0.1, -0.05) is 48.7 Å². The minimum absolute atomic E-state index is 0.0330. The van der Waals surface area contributed by atoms with Gasteiger partial charge in [0.25, 0.3) is 5.22 Å². The van der Waals surface area contributed by atoms with E-state index in [0.717, 1.165) is 12.1 Å². The fourth-order valence-electron chi connectivity index (χ4n) is 3.05. The van der Waals surface area contributed by atoms with Crippen LogP contribution >= 0.6 is 11.8 Å². The van der Waals surface area contributed by atoms with Crippen LogP contribution in [-0.4, -0.2) is 27.9 Å². The molecule has 1 saturated carbocycles. The van der Waals surface area contributed by atoms with Gasteiger partial charge < -0.3 is 9.73 Å². The monoisotopic (exact) mass is 359 g/mol. The van der Waals surface area contributed by atoms with Crippen molar-refractivity contribution in [1.82, 2.24) is 15.5 Å². The third kappa shape index (κ3) is 5.08. The first-order valence-electron chi connectivity index (χ1n) is 8.97. The van der Waals surface area contributed by atoms with Crippen molar-refractivity contribution in [2.75, 3.05) is 6.54 Å². The highest BCUT2D eigenvalue weighted by molar-refractivity contribution is 8.00. The minimum Gasteiger partial charge on any atom is -0.411 e. The molecule has 1 amide bonds. The van der Waals surface area contributed by atoms with Crippen LogP contribution in [0.3, 0.4) is 0 Å². The first kappa shape index (κ1) is 18.0. The SMILES string of the molecule is Cc1ccc(-c2nnc(S[C@@H](C)C(=O)NCC3CCCCC3)o2)cc1. The third-order valence-electron chi connectivity index (χ3n) is 4.64. The normalized spacial score (nSPS) is 16.6. The quantitative estimate of drug-likeness (QED) is 0.782. The van der Waals surface area contributed by atoms with E-state index in [1.165, 1.54) is 49.4 Å². The molecular formula is C19H25N3O2S. The summed E-state index contributed by atoms with van der Waals surface area (Å²) in [7, 11) is 0. The number of benzene rings is 1. The lowest BCUT2D eigenvalue weighted by Crippen LogP contribution is -2.35. The summed E-state index contributed by atoms with van der Waals surface area (Å²) in [6.07, 6.45) is 6.36. The molecule has 0 unspecified atom stereocenters. The Morgan fingerprint density at radius 1 is 1.24 bits per heavy atom. The molecule has 0 radical (unpaired) electrons. The Balaban J connectivity index is 1.51. The van der Waals surface area contributed by atoms with Crippen molar-refractivity contribution in [2.45, 2.75) is 56.4 Å². The molecule has 0 spiro atoms. The molecule has 1 aliphatic carbocycles. The van der Waals surface area contributed by atoms with E-state index >= 15 is 0 Å². The average Bonchev–Trinajstić information content (AvgIpc) is 3.09. The van der Waals surface area contributed by atoms with Crippen LogP contribution in [0.5, 0.6) is 0 Å². The zero-order valence-electron chi connectivity index (χ0n) is 14.8. The van der Waals surface area contributed by atoms with Crippen LogP contribution in [0.2, 0.25) is 0 Å². The maximum Gasteiger partial charge on any atom is 0.277 e. The Hall–Kier alpha value is -1.82. The van der Waals surface area contributed by atoms with Gasteiger partial charge in [0, 0.05) is 12.1 Å². The van der Waals surface area contributed by atoms with E-state index in [-0.39, 0.29) is 11.2 Å². The molecule has 1 fully saturated rings. The molecule has 0 saturated heterocycles. The highest BCUT2D eigenvalue weighted by atomic mass is 32.2. The zero-order valence-corrected chi connectivity index (χ0v) is 15.6. The number of aromatic nitrogens is 2. The highest BCUT2D eigenvalue weighted by Gasteiger charge is 2.20. The second-order valence-electron chi connectivity index (χ2n) is 6.75. The van der Waals surface area contributed by atoms with Crippen LogP contribution in [0.1, 0.15) is 44.6 Å². The Labute approximate surface area is 153 Å². The van der Waals surface area contributed by atoms with Crippen molar-refractivity contribution >= 4 is 17.7 Å². The summed E-state index contributed by atoms with van der Waals surface area (Å²) < 4.78 is 5.69. The Bertz CT molecular complexity index is 693. The van der Waals surface area contributed by atoms with Crippen LogP contribution in [0.25, 0.3) is 11.5 Å². The fourth-order valence-corrected chi connectivity index (χ4v) is 3.76. The summed E-state index contributed by atoms with van der Waals surface area (Å²) >= 11 is 1.30. The summed E-state index contributed by atoms with van der Waals surface area (Å²) in [5.74, 6) is 1.15. The lowest BCUT2D eigenvalue weighted by Gasteiger charge is -2.22. The second kappa shape index (κ2) is 8.52. The van der Waals surface area contributed by atoms with Gasteiger partial charge in [0.05, 0.1) is 5.25 Å². The molecule has 134 valence electrons. The van der Waals surface area contributed by atoms with Gasteiger partial charge in [-0.05, 0) is 44.7 Å². The van der Waals surface area contributed by atoms with E-state index < -0.39 is 0 Å². The summed E-state index contributed by atoms with van der Waals surface area (Å²) in [5, 5.41) is 11.4. The zero-order chi connectivity index (χ0) is 17.6. The van der Waals surface area contributed by atoms with Crippen LogP contribution < -0.4 is 5.32 Å². The van der Waals surface area contributed by atoms with Gasteiger partial charge in [0.1, 0.15) is 0 Å². The first-order chi connectivity index (χ1) is 12.1. The van der Waals surface area contributed by atoms with Crippen molar-refractivity contribution < 1.29 is 9.21 Å². The smallest absolute Gasteiger partial charge is 0.277 e. The maximum absolute atomic E-state index is 12.3. The van der Waals surface area contributed by atoms with E-state index in [1.54, 1.807) is 0 Å². The predicted molar refractivity (Wildman–Crippen MR) is 99.4 cm³/mol. The van der Waals surface area contributed by atoms with Gasteiger partial charge in [-0.25, -0.2) is 0 Å². The lowest BCUT2D eigenvalue weighted by molar-refractivity contribution is -0.120. The molecule has 0 bridgehead atoms. The molecule has 1 aromatic heterocycles. The maximum atomic E-state index is 12.3. The summed E-state index contributed by atoms with van der Waals surface area (Å²) in [6.45, 7) is 4.69. The number of hydrogen-bond donors (Lipinski definition) is 1. The fraction of sp³-hybridized carbons (Fsp3) is 0.526. The Morgan fingerprint density at radius 2 is 1.96 bits per heavy atom. The Morgan fingerprint density at radius 3 is 2.68 bits per heavy atom. The van der Waals surface area contributed by atoms with Crippen molar-refractivity contribution in [3.8, 4) is 11.5 Å². The summed E-state index contributed by atoms with van der Waals surface area (Å²) in [4.78, 5) is 12.3. The molecule has 5 nitrogen and oxygen atoms in total. The lowest BCUT2D eigenvalue weighted by atomic mass is 9.89. The van der Waals surface area contributed by atoms with Gasteiger partial charge in [-0.2, -0.15) is 0 Å².